The number of nitrogens with two attached hydrogens (primary N) is 1. The Morgan fingerprint density at radius 1 is 1.20 bits per heavy atom. The first kappa shape index (κ1) is 15.6. The van der Waals surface area contributed by atoms with Crippen molar-refractivity contribution < 1.29 is 8.91 Å². The van der Waals surface area contributed by atoms with Crippen LogP contribution >= 0.6 is 0 Å². The number of anilines is 1. The number of hydrogen-bond donors (Lipinski definition) is 1. The van der Waals surface area contributed by atoms with Gasteiger partial charge in [-0.15, -0.1) is 5.10 Å². The number of hydrogen-bond acceptors (Lipinski definition) is 7. The van der Waals surface area contributed by atoms with Crippen molar-refractivity contribution in [1.29, 1.82) is 0 Å². The number of aromatic nitrogens is 4. The van der Waals surface area contributed by atoms with E-state index in [1.165, 1.54) is 6.07 Å². The van der Waals surface area contributed by atoms with Crippen molar-refractivity contribution in [3.8, 4) is 11.4 Å². The Labute approximate surface area is 143 Å². The standard InChI is InChI=1S/C17H17FN6O/c18-12-5-2-1-4-11(12)17-20-16(25-23-17)10-24-9-3-6-14(24)13-7-8-15(19)22-21-13/h1-2,4-5,7-8,14H,3,6,9-10H2,(H2,19,22). The van der Waals surface area contributed by atoms with Gasteiger partial charge in [0, 0.05) is 0 Å². The Hall–Kier alpha value is -2.87. The van der Waals surface area contributed by atoms with Crippen molar-refractivity contribution in [2.75, 3.05) is 12.3 Å². The average molecular weight is 340 g/mol. The zero-order chi connectivity index (χ0) is 17.2. The number of likely N-dealkylation sites (tertiary alicyclic amines) is 1. The van der Waals surface area contributed by atoms with Crippen LogP contribution in [0.2, 0.25) is 0 Å². The molecule has 8 heteroatoms. The first-order valence-corrected chi connectivity index (χ1v) is 8.11. The quantitative estimate of drug-likeness (QED) is 0.780. The molecular weight excluding hydrogens is 323 g/mol. The lowest BCUT2D eigenvalue weighted by Gasteiger charge is -2.21. The third kappa shape index (κ3) is 3.20. The molecule has 0 radical (unpaired) electrons. The van der Waals surface area contributed by atoms with Gasteiger partial charge in [-0.05, 0) is 43.7 Å². The van der Waals surface area contributed by atoms with Crippen molar-refractivity contribution in [2.45, 2.75) is 25.4 Å². The van der Waals surface area contributed by atoms with Gasteiger partial charge < -0.3 is 10.3 Å². The molecule has 0 amide bonds. The van der Waals surface area contributed by atoms with Crippen LogP contribution in [0.1, 0.15) is 30.5 Å². The van der Waals surface area contributed by atoms with Crippen molar-refractivity contribution in [3.63, 3.8) is 0 Å². The summed E-state index contributed by atoms with van der Waals surface area (Å²) in [5.74, 6) is 0.746. The van der Waals surface area contributed by atoms with Crippen LogP contribution < -0.4 is 5.73 Å². The second-order valence-corrected chi connectivity index (χ2v) is 6.00. The predicted molar refractivity (Wildman–Crippen MR) is 88.5 cm³/mol. The van der Waals surface area contributed by atoms with E-state index >= 15 is 0 Å². The molecule has 1 aliphatic heterocycles. The number of nitrogen functional groups attached to an aromatic ring is 1. The molecule has 7 nitrogen and oxygen atoms in total. The van der Waals surface area contributed by atoms with Gasteiger partial charge in [-0.25, -0.2) is 4.39 Å². The molecule has 0 spiro atoms. The Morgan fingerprint density at radius 3 is 2.88 bits per heavy atom. The Kier molecular flexibility index (Phi) is 4.10. The first-order valence-electron chi connectivity index (χ1n) is 8.11. The topological polar surface area (TPSA) is 94.0 Å². The van der Waals surface area contributed by atoms with Gasteiger partial charge in [0.05, 0.1) is 23.8 Å². The molecule has 1 saturated heterocycles. The summed E-state index contributed by atoms with van der Waals surface area (Å²) >= 11 is 0. The molecule has 0 saturated carbocycles. The van der Waals surface area contributed by atoms with Gasteiger partial charge in [-0.2, -0.15) is 10.1 Å². The summed E-state index contributed by atoms with van der Waals surface area (Å²) in [6, 6.07) is 10.2. The van der Waals surface area contributed by atoms with Crippen LogP contribution in [0.5, 0.6) is 0 Å². The van der Waals surface area contributed by atoms with Gasteiger partial charge in [-0.3, -0.25) is 4.90 Å². The summed E-state index contributed by atoms with van der Waals surface area (Å²) in [4.78, 5) is 6.54. The van der Waals surface area contributed by atoms with Crippen LogP contribution in [0.15, 0.2) is 40.9 Å². The fourth-order valence-electron chi connectivity index (χ4n) is 3.13. The molecule has 4 rings (SSSR count). The zero-order valence-electron chi connectivity index (χ0n) is 13.5. The Balaban J connectivity index is 1.52. The molecule has 1 atom stereocenters. The van der Waals surface area contributed by atoms with Gasteiger partial charge in [-0.1, -0.05) is 17.3 Å². The van der Waals surface area contributed by atoms with Gasteiger partial charge >= 0.3 is 0 Å². The first-order chi connectivity index (χ1) is 12.2. The number of benzene rings is 1. The van der Waals surface area contributed by atoms with Crippen LogP contribution in [-0.2, 0) is 6.54 Å². The fourth-order valence-corrected chi connectivity index (χ4v) is 3.13. The van der Waals surface area contributed by atoms with E-state index in [0.717, 1.165) is 25.1 Å². The SMILES string of the molecule is Nc1ccc(C2CCCN2Cc2nc(-c3ccccc3F)no2)nn1. The predicted octanol–water partition coefficient (Wildman–Crippen LogP) is 2.59. The number of nitrogens with zero attached hydrogens (tertiary/aromatic N) is 5. The van der Waals surface area contributed by atoms with Crippen molar-refractivity contribution in [1.82, 2.24) is 25.2 Å². The maximum absolute atomic E-state index is 13.8. The van der Waals surface area contributed by atoms with Gasteiger partial charge in [0.2, 0.25) is 11.7 Å². The van der Waals surface area contributed by atoms with Crippen LogP contribution in [0.4, 0.5) is 10.2 Å². The maximum Gasteiger partial charge on any atom is 0.241 e. The molecule has 0 bridgehead atoms. The summed E-state index contributed by atoms with van der Waals surface area (Å²) in [6.45, 7) is 1.38. The third-order valence-electron chi connectivity index (χ3n) is 4.33. The fraction of sp³-hybridized carbons (Fsp3) is 0.294. The molecule has 128 valence electrons. The van der Waals surface area contributed by atoms with Gasteiger partial charge in [0.1, 0.15) is 11.6 Å². The zero-order valence-corrected chi connectivity index (χ0v) is 13.5. The lowest BCUT2D eigenvalue weighted by Crippen LogP contribution is -2.24. The average Bonchev–Trinajstić information content (AvgIpc) is 3.26. The third-order valence-corrected chi connectivity index (χ3v) is 4.33. The van der Waals surface area contributed by atoms with Crippen LogP contribution in [0.25, 0.3) is 11.4 Å². The monoisotopic (exact) mass is 340 g/mol. The highest BCUT2D eigenvalue weighted by Crippen LogP contribution is 2.32. The molecule has 1 unspecified atom stereocenters. The summed E-state index contributed by atoms with van der Waals surface area (Å²) in [5, 5.41) is 12.0. The van der Waals surface area contributed by atoms with Crippen LogP contribution in [-0.4, -0.2) is 31.8 Å². The van der Waals surface area contributed by atoms with Crippen molar-refractivity contribution in [3.05, 3.63) is 53.8 Å². The highest BCUT2D eigenvalue weighted by atomic mass is 19.1. The molecule has 1 aliphatic rings. The molecule has 3 heterocycles. The lowest BCUT2D eigenvalue weighted by atomic mass is 10.1. The van der Waals surface area contributed by atoms with Crippen molar-refractivity contribution >= 4 is 5.82 Å². The van der Waals surface area contributed by atoms with Crippen LogP contribution in [0, 0.1) is 5.82 Å². The summed E-state index contributed by atoms with van der Waals surface area (Å²) in [6.07, 6.45) is 2.03. The second-order valence-electron chi connectivity index (χ2n) is 6.00. The molecule has 2 N–H and O–H groups in total. The summed E-state index contributed by atoms with van der Waals surface area (Å²) in [7, 11) is 0. The molecule has 25 heavy (non-hydrogen) atoms. The highest BCUT2D eigenvalue weighted by molar-refractivity contribution is 5.54. The normalized spacial score (nSPS) is 17.9. The maximum atomic E-state index is 13.8. The minimum atomic E-state index is -0.369. The lowest BCUT2D eigenvalue weighted by molar-refractivity contribution is 0.209. The molecule has 1 aromatic carbocycles. The summed E-state index contributed by atoms with van der Waals surface area (Å²) in [5.41, 5.74) is 6.81. The van der Waals surface area contributed by atoms with Crippen LogP contribution in [0.3, 0.4) is 0 Å². The van der Waals surface area contributed by atoms with E-state index in [0.29, 0.717) is 23.8 Å². The molecule has 2 aromatic heterocycles. The smallest absolute Gasteiger partial charge is 0.241 e. The minimum Gasteiger partial charge on any atom is -0.382 e. The van der Waals surface area contributed by atoms with E-state index in [1.54, 1.807) is 24.3 Å². The molecule has 0 aliphatic carbocycles. The highest BCUT2D eigenvalue weighted by Gasteiger charge is 2.29. The van der Waals surface area contributed by atoms with E-state index in [9.17, 15) is 4.39 Å². The van der Waals surface area contributed by atoms with E-state index in [2.05, 4.69) is 25.2 Å². The number of rotatable bonds is 4. The van der Waals surface area contributed by atoms with Crippen molar-refractivity contribution in [2.24, 2.45) is 0 Å². The van der Waals surface area contributed by atoms with E-state index in [1.807, 2.05) is 6.07 Å². The largest absolute Gasteiger partial charge is 0.382 e. The summed E-state index contributed by atoms with van der Waals surface area (Å²) < 4.78 is 19.2. The van der Waals surface area contributed by atoms with E-state index < -0.39 is 0 Å². The van der Waals surface area contributed by atoms with Gasteiger partial charge in [0.25, 0.3) is 0 Å². The molecular formula is C17H17FN6O. The Morgan fingerprint density at radius 2 is 2.08 bits per heavy atom. The number of halogens is 1. The van der Waals surface area contributed by atoms with E-state index in [-0.39, 0.29) is 17.7 Å². The molecule has 1 fully saturated rings. The van der Waals surface area contributed by atoms with E-state index in [4.69, 9.17) is 10.3 Å². The minimum absolute atomic E-state index is 0.136. The Bertz CT molecular complexity index is 866. The second kappa shape index (κ2) is 6.56. The molecule has 3 aromatic rings. The van der Waals surface area contributed by atoms with Gasteiger partial charge in [0.15, 0.2) is 0 Å².